The molecule has 0 bridgehead atoms. The van der Waals surface area contributed by atoms with Crippen LogP contribution < -0.4 is 5.32 Å². The Hall–Kier alpha value is -3.78. The summed E-state index contributed by atoms with van der Waals surface area (Å²) in [4.78, 5) is 42.7. The first kappa shape index (κ1) is 23.9. The van der Waals surface area contributed by atoms with Crippen LogP contribution in [0.2, 0.25) is 0 Å². The molecule has 36 heavy (non-hydrogen) atoms. The zero-order valence-electron chi connectivity index (χ0n) is 21.3. The first-order valence-electron chi connectivity index (χ1n) is 12.6. The number of rotatable bonds is 7. The standard InChI is InChI=1S/C28H32N6O2/c1-5-33(6-2)11-12-34-10-8-22-26(28(34)36)18(4)23(31-22)14-20-19-13-24(21-15-29-9-7-17(21)3)30-16-25(19)32-27(20)35/h7,9,13-16,31H,5-6,8,10-12H2,1-4H3,(H,32,35). The quantitative estimate of drug-likeness (QED) is 0.496. The van der Waals surface area contributed by atoms with Gasteiger partial charge in [0, 0.05) is 61.0 Å². The number of anilines is 1. The molecule has 5 heterocycles. The van der Waals surface area contributed by atoms with E-state index in [2.05, 4.69) is 39.0 Å². The summed E-state index contributed by atoms with van der Waals surface area (Å²) in [7, 11) is 0. The van der Waals surface area contributed by atoms with Gasteiger partial charge in [0.15, 0.2) is 0 Å². The molecule has 2 aliphatic heterocycles. The maximum absolute atomic E-state index is 13.3. The fraction of sp³-hybridized carbons (Fsp3) is 0.357. The van der Waals surface area contributed by atoms with Crippen molar-refractivity contribution in [3.63, 3.8) is 0 Å². The van der Waals surface area contributed by atoms with Crippen molar-refractivity contribution in [2.24, 2.45) is 0 Å². The molecule has 8 nitrogen and oxygen atoms in total. The van der Waals surface area contributed by atoms with Crippen LogP contribution >= 0.6 is 0 Å². The van der Waals surface area contributed by atoms with Gasteiger partial charge in [-0.3, -0.25) is 19.6 Å². The zero-order chi connectivity index (χ0) is 25.4. The van der Waals surface area contributed by atoms with E-state index in [4.69, 9.17) is 0 Å². The highest BCUT2D eigenvalue weighted by Crippen LogP contribution is 2.36. The number of nitrogens with zero attached hydrogens (tertiary/aromatic N) is 4. The van der Waals surface area contributed by atoms with Crippen LogP contribution in [-0.2, 0) is 11.2 Å². The minimum absolute atomic E-state index is 0.0663. The maximum Gasteiger partial charge on any atom is 0.256 e. The summed E-state index contributed by atoms with van der Waals surface area (Å²) in [5, 5.41) is 2.92. The summed E-state index contributed by atoms with van der Waals surface area (Å²) in [6, 6.07) is 3.88. The summed E-state index contributed by atoms with van der Waals surface area (Å²) in [5.74, 6) is -0.109. The van der Waals surface area contributed by atoms with E-state index >= 15 is 0 Å². The summed E-state index contributed by atoms with van der Waals surface area (Å²) < 4.78 is 0. The first-order chi connectivity index (χ1) is 17.4. The van der Waals surface area contributed by atoms with Gasteiger partial charge in [0.25, 0.3) is 11.8 Å². The fourth-order valence-electron chi connectivity index (χ4n) is 5.08. The molecule has 0 radical (unpaired) electrons. The Morgan fingerprint density at radius 3 is 2.69 bits per heavy atom. The number of aryl methyl sites for hydroxylation is 1. The Bertz CT molecular complexity index is 1370. The Labute approximate surface area is 211 Å². The first-order valence-corrected chi connectivity index (χ1v) is 12.6. The highest BCUT2D eigenvalue weighted by atomic mass is 16.2. The molecule has 3 aromatic heterocycles. The van der Waals surface area contributed by atoms with E-state index in [0.29, 0.717) is 17.8 Å². The molecule has 0 atom stereocenters. The summed E-state index contributed by atoms with van der Waals surface area (Å²) in [5.41, 5.74) is 8.18. The lowest BCUT2D eigenvalue weighted by Crippen LogP contribution is -2.42. The molecule has 0 saturated carbocycles. The molecule has 0 unspecified atom stereocenters. The SMILES string of the molecule is CCN(CC)CCN1CCc2[nH]c(C=C3C(=O)Nc4cnc(-c5cnccc5C)cc43)c(C)c2C1=O. The second kappa shape index (κ2) is 9.70. The van der Waals surface area contributed by atoms with Gasteiger partial charge in [-0.1, -0.05) is 13.8 Å². The average molecular weight is 485 g/mol. The van der Waals surface area contributed by atoms with Gasteiger partial charge in [-0.15, -0.1) is 0 Å². The van der Waals surface area contributed by atoms with Crippen molar-refractivity contribution < 1.29 is 9.59 Å². The van der Waals surface area contributed by atoms with Crippen molar-refractivity contribution in [1.29, 1.82) is 0 Å². The van der Waals surface area contributed by atoms with E-state index in [9.17, 15) is 9.59 Å². The van der Waals surface area contributed by atoms with E-state index in [-0.39, 0.29) is 11.8 Å². The molecule has 0 saturated heterocycles. The average Bonchev–Trinajstić information content (AvgIpc) is 3.37. The van der Waals surface area contributed by atoms with E-state index in [1.165, 1.54) is 0 Å². The summed E-state index contributed by atoms with van der Waals surface area (Å²) >= 11 is 0. The number of likely N-dealkylation sites (N-methyl/N-ethyl adjacent to an activating group) is 1. The van der Waals surface area contributed by atoms with Crippen LogP contribution in [-0.4, -0.2) is 69.3 Å². The third kappa shape index (κ3) is 4.22. The number of hydrogen-bond donors (Lipinski definition) is 2. The van der Waals surface area contributed by atoms with Crippen LogP contribution in [0.15, 0.2) is 30.7 Å². The largest absolute Gasteiger partial charge is 0.358 e. The Kier molecular flexibility index (Phi) is 6.45. The number of aromatic nitrogens is 3. The van der Waals surface area contributed by atoms with E-state index in [0.717, 1.165) is 77.5 Å². The van der Waals surface area contributed by atoms with Gasteiger partial charge in [0.05, 0.1) is 28.7 Å². The van der Waals surface area contributed by atoms with Crippen LogP contribution in [0.25, 0.3) is 22.9 Å². The molecular formula is C28H32N6O2. The number of fused-ring (bicyclic) bond motifs is 2. The number of carbonyl (C=O) groups excluding carboxylic acids is 2. The Morgan fingerprint density at radius 1 is 1.14 bits per heavy atom. The highest BCUT2D eigenvalue weighted by Gasteiger charge is 2.31. The van der Waals surface area contributed by atoms with Crippen molar-refractivity contribution >= 4 is 29.2 Å². The van der Waals surface area contributed by atoms with Crippen LogP contribution in [0.1, 0.15) is 52.3 Å². The molecule has 8 heteroatoms. The van der Waals surface area contributed by atoms with E-state index in [1.807, 2.05) is 37.0 Å². The number of nitrogens with one attached hydrogen (secondary N) is 2. The van der Waals surface area contributed by atoms with Crippen molar-refractivity contribution in [1.82, 2.24) is 24.8 Å². The number of hydrogen-bond acceptors (Lipinski definition) is 5. The molecular weight excluding hydrogens is 452 g/mol. The number of pyridine rings is 2. The molecule has 5 rings (SSSR count). The Balaban J connectivity index is 1.46. The van der Waals surface area contributed by atoms with Crippen molar-refractivity contribution in [3.8, 4) is 11.3 Å². The third-order valence-corrected chi connectivity index (χ3v) is 7.37. The van der Waals surface area contributed by atoms with Gasteiger partial charge in [-0.25, -0.2) is 0 Å². The monoisotopic (exact) mass is 484 g/mol. The van der Waals surface area contributed by atoms with Gasteiger partial charge < -0.3 is 20.1 Å². The van der Waals surface area contributed by atoms with Crippen LogP contribution in [0.4, 0.5) is 5.69 Å². The van der Waals surface area contributed by atoms with Gasteiger partial charge >= 0.3 is 0 Å². The zero-order valence-corrected chi connectivity index (χ0v) is 21.3. The molecule has 186 valence electrons. The van der Waals surface area contributed by atoms with Gasteiger partial charge in [0.1, 0.15) is 0 Å². The second-order valence-corrected chi connectivity index (χ2v) is 9.40. The predicted molar refractivity (Wildman–Crippen MR) is 142 cm³/mol. The van der Waals surface area contributed by atoms with Crippen LogP contribution in [0.5, 0.6) is 0 Å². The van der Waals surface area contributed by atoms with Crippen LogP contribution in [0.3, 0.4) is 0 Å². The number of carbonyl (C=O) groups is 2. The second-order valence-electron chi connectivity index (χ2n) is 9.40. The fourth-order valence-corrected chi connectivity index (χ4v) is 5.08. The van der Waals surface area contributed by atoms with Gasteiger partial charge in [0.2, 0.25) is 0 Å². The molecule has 2 amide bonds. The molecule has 0 fully saturated rings. The number of amides is 2. The minimum Gasteiger partial charge on any atom is -0.358 e. The van der Waals surface area contributed by atoms with E-state index < -0.39 is 0 Å². The highest BCUT2D eigenvalue weighted by molar-refractivity contribution is 6.35. The predicted octanol–water partition coefficient (Wildman–Crippen LogP) is 3.92. The summed E-state index contributed by atoms with van der Waals surface area (Å²) in [6.07, 6.45) is 7.88. The molecule has 2 N–H and O–H groups in total. The van der Waals surface area contributed by atoms with Crippen molar-refractivity contribution in [2.75, 3.05) is 38.0 Å². The lowest BCUT2D eigenvalue weighted by Gasteiger charge is -2.29. The normalized spacial score (nSPS) is 16.0. The van der Waals surface area contributed by atoms with E-state index in [1.54, 1.807) is 18.6 Å². The molecule has 0 aliphatic carbocycles. The third-order valence-electron chi connectivity index (χ3n) is 7.37. The lowest BCUT2D eigenvalue weighted by atomic mass is 10.00. The lowest BCUT2D eigenvalue weighted by molar-refractivity contribution is -0.110. The van der Waals surface area contributed by atoms with Crippen molar-refractivity contribution in [3.05, 3.63) is 64.4 Å². The minimum atomic E-state index is -0.175. The van der Waals surface area contributed by atoms with Crippen LogP contribution in [0, 0.1) is 13.8 Å². The molecule has 0 aromatic carbocycles. The summed E-state index contributed by atoms with van der Waals surface area (Å²) in [6.45, 7) is 12.5. The topological polar surface area (TPSA) is 94.2 Å². The smallest absolute Gasteiger partial charge is 0.256 e. The number of aromatic amines is 1. The number of H-pyrrole nitrogens is 1. The molecule has 3 aromatic rings. The van der Waals surface area contributed by atoms with Gasteiger partial charge in [-0.2, -0.15) is 0 Å². The Morgan fingerprint density at radius 2 is 1.94 bits per heavy atom. The van der Waals surface area contributed by atoms with Gasteiger partial charge in [-0.05, 0) is 56.3 Å². The molecule has 2 aliphatic rings. The molecule has 0 spiro atoms. The van der Waals surface area contributed by atoms with Crippen molar-refractivity contribution in [2.45, 2.75) is 34.1 Å². The maximum atomic E-state index is 13.3.